The highest BCUT2D eigenvalue weighted by molar-refractivity contribution is 7.89. The van der Waals surface area contributed by atoms with Crippen LogP contribution in [0.2, 0.25) is 0 Å². The molecule has 0 saturated carbocycles. The molecule has 3 aromatic rings. The maximum atomic E-state index is 13.4. The van der Waals surface area contributed by atoms with E-state index in [4.69, 9.17) is 0 Å². The maximum Gasteiger partial charge on any atom is 0.243 e. The molecule has 32 heavy (non-hydrogen) atoms. The summed E-state index contributed by atoms with van der Waals surface area (Å²) in [5.41, 5.74) is 5.25. The SMILES string of the molecule is CC(=O)N1CCCc2cc(S(=O)(=O)N(C)Cc3c(C)nn(-c4ccccc4)c3C)ccc21. The molecular weight excluding hydrogens is 424 g/mol. The van der Waals surface area contributed by atoms with Gasteiger partial charge in [-0.2, -0.15) is 9.40 Å². The van der Waals surface area contributed by atoms with E-state index in [1.54, 1.807) is 30.1 Å². The van der Waals surface area contributed by atoms with E-state index in [1.807, 2.05) is 48.9 Å². The van der Waals surface area contributed by atoms with Gasteiger partial charge >= 0.3 is 0 Å². The van der Waals surface area contributed by atoms with Crippen LogP contribution >= 0.6 is 0 Å². The van der Waals surface area contributed by atoms with Crippen LogP contribution in [0.15, 0.2) is 53.4 Å². The van der Waals surface area contributed by atoms with Gasteiger partial charge in [-0.3, -0.25) is 4.79 Å². The number of rotatable bonds is 5. The second-order valence-corrected chi connectivity index (χ2v) is 10.3. The Bertz CT molecular complexity index is 1270. The van der Waals surface area contributed by atoms with Gasteiger partial charge in [0.05, 0.1) is 16.3 Å². The fraction of sp³-hybridized carbons (Fsp3) is 0.333. The molecule has 8 heteroatoms. The minimum absolute atomic E-state index is 0.0277. The summed E-state index contributed by atoms with van der Waals surface area (Å²) in [5, 5.41) is 4.63. The summed E-state index contributed by atoms with van der Waals surface area (Å²) in [6, 6.07) is 14.9. The third kappa shape index (κ3) is 3.96. The number of hydrogen-bond acceptors (Lipinski definition) is 4. The quantitative estimate of drug-likeness (QED) is 0.593. The first-order chi connectivity index (χ1) is 15.2. The molecule has 0 N–H and O–H groups in total. The second kappa shape index (κ2) is 8.52. The lowest BCUT2D eigenvalue weighted by Gasteiger charge is -2.29. The molecule has 0 saturated heterocycles. The van der Waals surface area contributed by atoms with Crippen LogP contribution in [0.4, 0.5) is 5.69 Å². The predicted octanol–water partition coefficient (Wildman–Crippen LogP) is 3.61. The zero-order valence-corrected chi connectivity index (χ0v) is 19.7. The molecule has 1 amide bonds. The molecule has 168 valence electrons. The van der Waals surface area contributed by atoms with Crippen LogP contribution in [0.3, 0.4) is 0 Å². The molecule has 0 bridgehead atoms. The molecule has 7 nitrogen and oxygen atoms in total. The fourth-order valence-electron chi connectivity index (χ4n) is 4.27. The van der Waals surface area contributed by atoms with E-state index < -0.39 is 10.0 Å². The molecule has 1 aromatic heterocycles. The zero-order valence-electron chi connectivity index (χ0n) is 18.9. The third-order valence-electron chi connectivity index (χ3n) is 6.08. The standard InChI is InChI=1S/C24H28N4O3S/c1-17-23(18(2)28(25-17)21-10-6-5-7-11-21)16-26(4)32(30,31)22-12-13-24-20(15-22)9-8-14-27(24)19(3)29/h5-7,10-13,15H,8-9,14,16H2,1-4H3. The van der Waals surface area contributed by atoms with Crippen LogP contribution in [-0.4, -0.2) is 42.0 Å². The van der Waals surface area contributed by atoms with Gasteiger partial charge in [-0.05, 0) is 62.6 Å². The first-order valence-corrected chi connectivity index (χ1v) is 12.1. The molecule has 0 spiro atoms. The van der Waals surface area contributed by atoms with E-state index in [0.29, 0.717) is 6.54 Å². The van der Waals surface area contributed by atoms with E-state index in [2.05, 4.69) is 5.10 Å². The van der Waals surface area contributed by atoms with Crippen molar-refractivity contribution in [1.29, 1.82) is 0 Å². The number of aromatic nitrogens is 2. The summed E-state index contributed by atoms with van der Waals surface area (Å²) in [4.78, 5) is 13.9. The summed E-state index contributed by atoms with van der Waals surface area (Å²) in [5.74, 6) is -0.0277. The highest BCUT2D eigenvalue weighted by Crippen LogP contribution is 2.31. The van der Waals surface area contributed by atoms with Gasteiger partial charge in [0.1, 0.15) is 0 Å². The van der Waals surface area contributed by atoms with E-state index >= 15 is 0 Å². The summed E-state index contributed by atoms with van der Waals surface area (Å²) in [6.07, 6.45) is 1.58. The number of sulfonamides is 1. The number of nitrogens with zero attached hydrogens (tertiary/aromatic N) is 4. The van der Waals surface area contributed by atoms with Crippen molar-refractivity contribution in [3.8, 4) is 5.69 Å². The average Bonchev–Trinajstić information content (AvgIpc) is 3.07. The zero-order chi connectivity index (χ0) is 23.0. The lowest BCUT2D eigenvalue weighted by atomic mass is 10.0. The van der Waals surface area contributed by atoms with Crippen molar-refractivity contribution in [2.75, 3.05) is 18.5 Å². The summed E-state index contributed by atoms with van der Waals surface area (Å²) >= 11 is 0. The topological polar surface area (TPSA) is 75.5 Å². The number of benzene rings is 2. The lowest BCUT2D eigenvalue weighted by molar-refractivity contribution is -0.116. The second-order valence-electron chi connectivity index (χ2n) is 8.22. The Morgan fingerprint density at radius 3 is 2.53 bits per heavy atom. The fourth-order valence-corrected chi connectivity index (χ4v) is 5.46. The van der Waals surface area contributed by atoms with Crippen LogP contribution in [0, 0.1) is 13.8 Å². The number of para-hydroxylation sites is 1. The maximum absolute atomic E-state index is 13.4. The van der Waals surface area contributed by atoms with Crippen molar-refractivity contribution in [2.45, 2.75) is 45.1 Å². The van der Waals surface area contributed by atoms with Gasteiger partial charge in [0, 0.05) is 44.0 Å². The lowest BCUT2D eigenvalue weighted by Crippen LogP contribution is -2.34. The molecule has 2 aromatic carbocycles. The molecule has 0 atom stereocenters. The molecule has 1 aliphatic heterocycles. The van der Waals surface area contributed by atoms with Crippen LogP contribution in [0.25, 0.3) is 5.69 Å². The molecule has 0 fully saturated rings. The van der Waals surface area contributed by atoms with Crippen LogP contribution in [0.1, 0.15) is 35.9 Å². The minimum atomic E-state index is -3.70. The van der Waals surface area contributed by atoms with Crippen LogP contribution < -0.4 is 4.90 Å². The van der Waals surface area contributed by atoms with Gasteiger partial charge in [-0.25, -0.2) is 13.1 Å². The smallest absolute Gasteiger partial charge is 0.243 e. The monoisotopic (exact) mass is 452 g/mol. The number of carbonyl (C=O) groups excluding carboxylic acids is 1. The van der Waals surface area contributed by atoms with E-state index in [-0.39, 0.29) is 17.3 Å². The van der Waals surface area contributed by atoms with Crippen molar-refractivity contribution in [1.82, 2.24) is 14.1 Å². The van der Waals surface area contributed by atoms with Gasteiger partial charge in [0.2, 0.25) is 15.9 Å². The molecular formula is C24H28N4O3S. The Balaban J connectivity index is 1.62. The molecule has 0 radical (unpaired) electrons. The molecule has 2 heterocycles. The number of aryl methyl sites for hydroxylation is 2. The number of hydrogen-bond donors (Lipinski definition) is 0. The number of carbonyl (C=O) groups is 1. The Kier molecular flexibility index (Phi) is 5.92. The van der Waals surface area contributed by atoms with Crippen LogP contribution in [0.5, 0.6) is 0 Å². The van der Waals surface area contributed by atoms with E-state index in [0.717, 1.165) is 46.7 Å². The number of fused-ring (bicyclic) bond motifs is 1. The molecule has 4 rings (SSSR count). The van der Waals surface area contributed by atoms with E-state index in [9.17, 15) is 13.2 Å². The van der Waals surface area contributed by atoms with Gasteiger partial charge < -0.3 is 4.90 Å². The van der Waals surface area contributed by atoms with Gasteiger partial charge in [-0.15, -0.1) is 0 Å². The highest BCUT2D eigenvalue weighted by atomic mass is 32.2. The summed E-state index contributed by atoms with van der Waals surface area (Å²) in [7, 11) is -2.11. The Hall–Kier alpha value is -2.97. The highest BCUT2D eigenvalue weighted by Gasteiger charge is 2.27. The number of anilines is 1. The van der Waals surface area contributed by atoms with Gasteiger partial charge in [0.15, 0.2) is 0 Å². The summed E-state index contributed by atoms with van der Waals surface area (Å²) in [6.45, 7) is 6.28. The minimum Gasteiger partial charge on any atom is -0.312 e. The predicted molar refractivity (Wildman–Crippen MR) is 124 cm³/mol. The van der Waals surface area contributed by atoms with Crippen molar-refractivity contribution in [3.05, 3.63) is 71.0 Å². The van der Waals surface area contributed by atoms with Crippen molar-refractivity contribution in [2.24, 2.45) is 0 Å². The van der Waals surface area contributed by atoms with Gasteiger partial charge in [-0.1, -0.05) is 18.2 Å². The van der Waals surface area contributed by atoms with Crippen molar-refractivity contribution in [3.63, 3.8) is 0 Å². The van der Waals surface area contributed by atoms with Gasteiger partial charge in [0.25, 0.3) is 0 Å². The molecule has 0 aliphatic carbocycles. The normalized spacial score (nSPS) is 14.0. The third-order valence-corrected chi connectivity index (χ3v) is 7.88. The Morgan fingerprint density at radius 1 is 1.12 bits per heavy atom. The first-order valence-electron chi connectivity index (χ1n) is 10.7. The Morgan fingerprint density at radius 2 is 1.84 bits per heavy atom. The first kappa shape index (κ1) is 22.2. The largest absolute Gasteiger partial charge is 0.312 e. The Labute approximate surface area is 189 Å². The number of amides is 1. The van der Waals surface area contributed by atoms with Crippen molar-refractivity contribution >= 4 is 21.6 Å². The molecule has 0 unspecified atom stereocenters. The molecule has 1 aliphatic rings. The van der Waals surface area contributed by atoms with E-state index in [1.165, 1.54) is 11.2 Å². The summed E-state index contributed by atoms with van der Waals surface area (Å²) < 4.78 is 29.9. The van der Waals surface area contributed by atoms with Crippen LogP contribution in [-0.2, 0) is 27.8 Å². The van der Waals surface area contributed by atoms with Crippen molar-refractivity contribution < 1.29 is 13.2 Å². The average molecular weight is 453 g/mol.